The van der Waals surface area contributed by atoms with Gasteiger partial charge in [0.1, 0.15) is 0 Å². The number of nitrogens with one attached hydrogen (secondary N) is 1. The van der Waals surface area contributed by atoms with Gasteiger partial charge in [-0.25, -0.2) is 0 Å². The summed E-state index contributed by atoms with van der Waals surface area (Å²) in [5.41, 5.74) is 6.83. The Kier molecular flexibility index (Phi) is 3.75. The van der Waals surface area contributed by atoms with Gasteiger partial charge in [-0.3, -0.25) is 4.98 Å². The van der Waals surface area contributed by atoms with E-state index in [0.29, 0.717) is 6.04 Å². The quantitative estimate of drug-likeness (QED) is 0.909. The molecule has 2 nitrogen and oxygen atoms in total. The van der Waals surface area contributed by atoms with Crippen LogP contribution >= 0.6 is 0 Å². The van der Waals surface area contributed by atoms with Crippen molar-refractivity contribution in [1.29, 1.82) is 0 Å². The molecule has 1 unspecified atom stereocenters. The molecule has 3 rings (SSSR count). The molecule has 0 saturated carbocycles. The molecular weight excluding hydrogens is 244 g/mol. The lowest BCUT2D eigenvalue weighted by atomic mass is 9.99. The van der Waals surface area contributed by atoms with Crippen molar-refractivity contribution in [3.8, 4) is 0 Å². The number of rotatable bonds is 4. The van der Waals surface area contributed by atoms with Gasteiger partial charge in [-0.05, 0) is 62.8 Å². The van der Waals surface area contributed by atoms with E-state index < -0.39 is 0 Å². The van der Waals surface area contributed by atoms with E-state index in [1.165, 1.54) is 47.0 Å². The van der Waals surface area contributed by atoms with Crippen LogP contribution in [0.1, 0.15) is 49.1 Å². The van der Waals surface area contributed by atoms with Gasteiger partial charge in [-0.15, -0.1) is 0 Å². The monoisotopic (exact) mass is 268 g/mol. The lowest BCUT2D eigenvalue weighted by molar-refractivity contribution is 0.534. The maximum atomic E-state index is 4.88. The molecule has 106 valence electrons. The fourth-order valence-corrected chi connectivity index (χ4v) is 3.10. The zero-order chi connectivity index (χ0) is 14.1. The summed E-state index contributed by atoms with van der Waals surface area (Å²) in [5, 5.41) is 5.01. The van der Waals surface area contributed by atoms with Crippen LogP contribution in [0.4, 0.5) is 0 Å². The van der Waals surface area contributed by atoms with Gasteiger partial charge in [0, 0.05) is 23.7 Å². The van der Waals surface area contributed by atoms with Crippen molar-refractivity contribution in [2.45, 2.75) is 59.0 Å². The summed E-state index contributed by atoms with van der Waals surface area (Å²) < 4.78 is 0. The smallest absolute Gasteiger partial charge is 0.0708 e. The van der Waals surface area contributed by atoms with Crippen LogP contribution in [0.15, 0.2) is 18.2 Å². The van der Waals surface area contributed by atoms with Crippen molar-refractivity contribution in [2.75, 3.05) is 0 Å². The first kappa shape index (κ1) is 13.6. The Balaban J connectivity index is 2.08. The normalized spacial score (nSPS) is 15.6. The highest BCUT2D eigenvalue weighted by Crippen LogP contribution is 2.30. The molecule has 0 radical (unpaired) electrons. The van der Waals surface area contributed by atoms with Crippen molar-refractivity contribution < 1.29 is 0 Å². The Labute approximate surface area is 121 Å². The van der Waals surface area contributed by atoms with Gasteiger partial charge in [0.25, 0.3) is 0 Å². The van der Waals surface area contributed by atoms with Crippen LogP contribution in [0, 0.1) is 6.92 Å². The molecule has 1 aromatic carbocycles. The number of benzene rings is 1. The molecule has 1 aliphatic carbocycles. The van der Waals surface area contributed by atoms with Crippen LogP contribution in [0.2, 0.25) is 0 Å². The predicted molar refractivity (Wildman–Crippen MR) is 85.1 cm³/mol. The first-order chi connectivity index (χ1) is 9.69. The average molecular weight is 268 g/mol. The van der Waals surface area contributed by atoms with E-state index >= 15 is 0 Å². The number of hydrogen-bond donors (Lipinski definition) is 1. The lowest BCUT2D eigenvalue weighted by Gasteiger charge is -2.16. The topological polar surface area (TPSA) is 24.9 Å². The van der Waals surface area contributed by atoms with E-state index in [2.05, 4.69) is 44.3 Å². The average Bonchev–Trinajstić information content (AvgIpc) is 2.91. The summed E-state index contributed by atoms with van der Waals surface area (Å²) in [6.45, 7) is 7.63. The molecule has 0 bridgehead atoms. The van der Waals surface area contributed by atoms with E-state index in [4.69, 9.17) is 4.98 Å². The first-order valence-corrected chi connectivity index (χ1v) is 7.83. The molecule has 2 aromatic rings. The van der Waals surface area contributed by atoms with Gasteiger partial charge in [0.05, 0.1) is 5.52 Å². The Morgan fingerprint density at radius 3 is 2.95 bits per heavy atom. The molecule has 2 heteroatoms. The van der Waals surface area contributed by atoms with Crippen LogP contribution in [0.3, 0.4) is 0 Å². The van der Waals surface area contributed by atoms with E-state index in [1.54, 1.807) is 0 Å². The molecule has 1 heterocycles. The van der Waals surface area contributed by atoms with Gasteiger partial charge in [-0.2, -0.15) is 0 Å². The zero-order valence-corrected chi connectivity index (χ0v) is 12.8. The third-order valence-electron chi connectivity index (χ3n) is 4.53. The Morgan fingerprint density at radius 1 is 1.30 bits per heavy atom. The second-order valence-corrected chi connectivity index (χ2v) is 6.08. The van der Waals surface area contributed by atoms with E-state index in [-0.39, 0.29) is 0 Å². The van der Waals surface area contributed by atoms with Crippen molar-refractivity contribution in [3.05, 3.63) is 40.6 Å². The minimum atomic E-state index is 0.570. The van der Waals surface area contributed by atoms with Gasteiger partial charge < -0.3 is 5.32 Å². The highest BCUT2D eigenvalue weighted by atomic mass is 14.9. The van der Waals surface area contributed by atoms with Crippen molar-refractivity contribution in [2.24, 2.45) is 0 Å². The fraction of sp³-hybridized carbons (Fsp3) is 0.500. The van der Waals surface area contributed by atoms with E-state index in [1.807, 2.05) is 0 Å². The number of aromatic nitrogens is 1. The largest absolute Gasteiger partial charge is 0.310 e. The van der Waals surface area contributed by atoms with Gasteiger partial charge in [0.15, 0.2) is 0 Å². The molecule has 1 atom stereocenters. The van der Waals surface area contributed by atoms with Crippen molar-refractivity contribution >= 4 is 10.9 Å². The van der Waals surface area contributed by atoms with Crippen LogP contribution in [0.25, 0.3) is 10.9 Å². The summed E-state index contributed by atoms with van der Waals surface area (Å²) in [6, 6.07) is 7.22. The Morgan fingerprint density at radius 2 is 2.15 bits per heavy atom. The minimum Gasteiger partial charge on any atom is -0.310 e. The molecule has 20 heavy (non-hydrogen) atoms. The second-order valence-electron chi connectivity index (χ2n) is 6.08. The molecule has 0 saturated heterocycles. The first-order valence-electron chi connectivity index (χ1n) is 7.83. The Hall–Kier alpha value is -1.41. The number of fused-ring (bicyclic) bond motifs is 2. The second kappa shape index (κ2) is 5.53. The van der Waals surface area contributed by atoms with Gasteiger partial charge in [0.2, 0.25) is 0 Å². The summed E-state index contributed by atoms with van der Waals surface area (Å²) in [4.78, 5) is 4.88. The summed E-state index contributed by atoms with van der Waals surface area (Å²) in [6.07, 6.45) is 4.78. The van der Waals surface area contributed by atoms with Crippen LogP contribution in [-0.2, 0) is 19.4 Å². The molecule has 0 aliphatic heterocycles. The third-order valence-corrected chi connectivity index (χ3v) is 4.53. The molecule has 1 aromatic heterocycles. The van der Waals surface area contributed by atoms with E-state index in [0.717, 1.165) is 18.5 Å². The molecule has 1 N–H and O–H groups in total. The standard InChI is InChI=1S/C18H24N2/c1-4-13(3)19-11-16-14-6-5-7-17(14)20-18-9-8-12(2)10-15(16)18/h8-10,13,19H,4-7,11H2,1-3H3. The summed E-state index contributed by atoms with van der Waals surface area (Å²) in [5.74, 6) is 0. The SMILES string of the molecule is CCC(C)NCc1c2c(nc3ccc(C)cc13)CCC2. The number of aryl methyl sites for hydroxylation is 2. The molecule has 0 amide bonds. The lowest BCUT2D eigenvalue weighted by Crippen LogP contribution is -2.25. The fourth-order valence-electron chi connectivity index (χ4n) is 3.10. The zero-order valence-electron chi connectivity index (χ0n) is 12.8. The highest BCUT2D eigenvalue weighted by Gasteiger charge is 2.19. The number of hydrogen-bond acceptors (Lipinski definition) is 2. The van der Waals surface area contributed by atoms with Crippen molar-refractivity contribution in [1.82, 2.24) is 10.3 Å². The van der Waals surface area contributed by atoms with Gasteiger partial charge in [-0.1, -0.05) is 18.6 Å². The number of nitrogens with zero attached hydrogens (tertiary/aromatic N) is 1. The Bertz CT molecular complexity index is 631. The summed E-state index contributed by atoms with van der Waals surface area (Å²) in [7, 11) is 0. The van der Waals surface area contributed by atoms with Crippen molar-refractivity contribution in [3.63, 3.8) is 0 Å². The molecular formula is C18H24N2. The van der Waals surface area contributed by atoms with Crippen LogP contribution in [-0.4, -0.2) is 11.0 Å². The summed E-state index contributed by atoms with van der Waals surface area (Å²) >= 11 is 0. The highest BCUT2D eigenvalue weighted by molar-refractivity contribution is 5.84. The third kappa shape index (κ3) is 2.45. The molecule has 0 spiro atoms. The maximum Gasteiger partial charge on any atom is 0.0708 e. The molecule has 0 fully saturated rings. The van der Waals surface area contributed by atoms with Crippen LogP contribution < -0.4 is 5.32 Å². The maximum absolute atomic E-state index is 4.88. The minimum absolute atomic E-state index is 0.570. The number of pyridine rings is 1. The van der Waals surface area contributed by atoms with Crippen LogP contribution in [0.5, 0.6) is 0 Å². The van der Waals surface area contributed by atoms with E-state index in [9.17, 15) is 0 Å². The predicted octanol–water partition coefficient (Wildman–Crippen LogP) is 3.92. The van der Waals surface area contributed by atoms with Gasteiger partial charge >= 0.3 is 0 Å². The molecule has 1 aliphatic rings.